The number of halogens is 1. The third-order valence-electron chi connectivity index (χ3n) is 4.93. The highest BCUT2D eigenvalue weighted by Gasteiger charge is 2.27. The van der Waals surface area contributed by atoms with E-state index in [0.29, 0.717) is 16.3 Å². The summed E-state index contributed by atoms with van der Waals surface area (Å²) >= 11 is 5.91. The first-order valence-corrected chi connectivity index (χ1v) is 12.4. The van der Waals surface area contributed by atoms with Gasteiger partial charge in [0.05, 0.1) is 23.6 Å². The lowest BCUT2D eigenvalue weighted by Crippen LogP contribution is -2.37. The zero-order valence-electron chi connectivity index (χ0n) is 18.8. The van der Waals surface area contributed by atoms with Crippen LogP contribution in [0.15, 0.2) is 77.7 Å². The molecule has 0 saturated heterocycles. The second-order valence-corrected chi connectivity index (χ2v) is 9.93. The van der Waals surface area contributed by atoms with E-state index in [2.05, 4.69) is 5.32 Å². The van der Waals surface area contributed by atoms with Crippen LogP contribution < -0.4 is 5.32 Å². The van der Waals surface area contributed by atoms with E-state index in [1.807, 2.05) is 31.2 Å². The SMILES string of the molecule is CCOC(=O)c1ccc(NC(=O)CN(Cc2ccc(C)cc2)S(=O)(=O)c2ccc(Cl)cc2)cc1. The van der Waals surface area contributed by atoms with E-state index in [4.69, 9.17) is 16.3 Å². The quantitative estimate of drug-likeness (QED) is 0.431. The number of nitrogens with one attached hydrogen (secondary N) is 1. The summed E-state index contributed by atoms with van der Waals surface area (Å²) in [5, 5.41) is 3.09. The van der Waals surface area contributed by atoms with Gasteiger partial charge in [0.15, 0.2) is 0 Å². The number of hydrogen-bond donors (Lipinski definition) is 1. The van der Waals surface area contributed by atoms with E-state index in [1.54, 1.807) is 19.1 Å². The standard InChI is InChI=1S/C25H25ClN2O5S/c1-3-33-25(30)20-8-12-22(13-9-20)27-24(29)17-28(16-19-6-4-18(2)5-7-19)34(31,32)23-14-10-21(26)11-15-23/h4-15H,3,16-17H2,1-2H3,(H,27,29). The van der Waals surface area contributed by atoms with Crippen LogP contribution in [0, 0.1) is 6.92 Å². The first-order valence-electron chi connectivity index (χ1n) is 10.6. The summed E-state index contributed by atoms with van der Waals surface area (Å²) < 4.78 is 32.7. The number of ether oxygens (including phenoxy) is 1. The Bertz CT molecular complexity index is 1240. The monoisotopic (exact) mass is 500 g/mol. The van der Waals surface area contributed by atoms with Gasteiger partial charge in [0.25, 0.3) is 0 Å². The van der Waals surface area contributed by atoms with Crippen LogP contribution in [0.3, 0.4) is 0 Å². The first-order chi connectivity index (χ1) is 16.2. The van der Waals surface area contributed by atoms with Gasteiger partial charge in [-0.1, -0.05) is 41.4 Å². The van der Waals surface area contributed by atoms with Gasteiger partial charge in [-0.25, -0.2) is 13.2 Å². The van der Waals surface area contributed by atoms with Crippen LogP contribution in [0.25, 0.3) is 0 Å². The van der Waals surface area contributed by atoms with Gasteiger partial charge in [0.2, 0.25) is 15.9 Å². The molecular weight excluding hydrogens is 476 g/mol. The van der Waals surface area contributed by atoms with E-state index in [1.165, 1.54) is 36.4 Å². The van der Waals surface area contributed by atoms with Crippen LogP contribution in [0.2, 0.25) is 5.02 Å². The maximum absolute atomic E-state index is 13.3. The van der Waals surface area contributed by atoms with Crippen molar-refractivity contribution >= 4 is 39.2 Å². The second-order valence-electron chi connectivity index (χ2n) is 7.56. The Hall–Kier alpha value is -3.20. The Balaban J connectivity index is 1.80. The summed E-state index contributed by atoms with van der Waals surface area (Å²) in [6.45, 7) is 3.52. The van der Waals surface area contributed by atoms with Crippen molar-refractivity contribution < 1.29 is 22.7 Å². The number of aryl methyl sites for hydroxylation is 1. The molecule has 9 heteroatoms. The van der Waals surface area contributed by atoms with Gasteiger partial charge in [0.1, 0.15) is 0 Å². The predicted molar refractivity (Wildman–Crippen MR) is 131 cm³/mol. The largest absolute Gasteiger partial charge is 0.462 e. The van der Waals surface area contributed by atoms with E-state index in [0.717, 1.165) is 15.4 Å². The average Bonchev–Trinajstić information content (AvgIpc) is 2.81. The Morgan fingerprint density at radius 1 is 0.941 bits per heavy atom. The minimum Gasteiger partial charge on any atom is -0.462 e. The topological polar surface area (TPSA) is 92.8 Å². The summed E-state index contributed by atoms with van der Waals surface area (Å²) in [7, 11) is -3.99. The molecule has 34 heavy (non-hydrogen) atoms. The molecule has 1 N–H and O–H groups in total. The number of carbonyl (C=O) groups excluding carboxylic acids is 2. The number of anilines is 1. The van der Waals surface area contributed by atoms with E-state index >= 15 is 0 Å². The number of esters is 1. The number of carbonyl (C=O) groups is 2. The molecule has 1 amide bonds. The molecule has 0 saturated carbocycles. The average molecular weight is 501 g/mol. The number of benzene rings is 3. The van der Waals surface area contributed by atoms with E-state index in [-0.39, 0.29) is 18.0 Å². The van der Waals surface area contributed by atoms with Crippen molar-refractivity contribution in [3.63, 3.8) is 0 Å². The molecule has 3 aromatic rings. The number of nitrogens with zero attached hydrogens (tertiary/aromatic N) is 1. The highest BCUT2D eigenvalue weighted by Crippen LogP contribution is 2.21. The van der Waals surface area contributed by atoms with Crippen molar-refractivity contribution in [2.75, 3.05) is 18.5 Å². The molecule has 3 rings (SSSR count). The Kier molecular flexibility index (Phi) is 8.44. The van der Waals surface area contributed by atoms with Gasteiger partial charge in [-0.3, -0.25) is 4.79 Å². The van der Waals surface area contributed by atoms with Gasteiger partial charge < -0.3 is 10.1 Å². The zero-order valence-corrected chi connectivity index (χ0v) is 20.4. The van der Waals surface area contributed by atoms with Crippen molar-refractivity contribution in [1.29, 1.82) is 0 Å². The van der Waals surface area contributed by atoms with Crippen molar-refractivity contribution in [3.05, 3.63) is 94.5 Å². The maximum Gasteiger partial charge on any atom is 0.338 e. The lowest BCUT2D eigenvalue weighted by molar-refractivity contribution is -0.116. The predicted octanol–water partition coefficient (Wildman–Crippen LogP) is 4.65. The summed E-state index contributed by atoms with van der Waals surface area (Å²) in [6, 6.07) is 19.4. The molecule has 0 spiro atoms. The third-order valence-corrected chi connectivity index (χ3v) is 6.99. The van der Waals surface area contributed by atoms with Crippen molar-refractivity contribution in [1.82, 2.24) is 4.31 Å². The second kappa shape index (κ2) is 11.3. The Morgan fingerprint density at radius 3 is 2.15 bits per heavy atom. The minimum absolute atomic E-state index is 0.0143. The van der Waals surface area contributed by atoms with Crippen molar-refractivity contribution in [2.45, 2.75) is 25.3 Å². The number of sulfonamides is 1. The van der Waals surface area contributed by atoms with Gasteiger partial charge in [-0.15, -0.1) is 0 Å². The van der Waals surface area contributed by atoms with E-state index < -0.39 is 28.4 Å². The molecule has 0 aromatic heterocycles. The molecule has 3 aromatic carbocycles. The minimum atomic E-state index is -3.99. The summed E-state index contributed by atoms with van der Waals surface area (Å²) in [6.07, 6.45) is 0. The van der Waals surface area contributed by atoms with Crippen LogP contribution in [0.5, 0.6) is 0 Å². The summed E-state index contributed by atoms with van der Waals surface area (Å²) in [5.74, 6) is -0.979. The van der Waals surface area contributed by atoms with Crippen LogP contribution in [0.4, 0.5) is 5.69 Å². The molecule has 0 aliphatic heterocycles. The van der Waals surface area contributed by atoms with Gasteiger partial charge >= 0.3 is 5.97 Å². The molecule has 0 aliphatic carbocycles. The number of hydrogen-bond acceptors (Lipinski definition) is 5. The molecule has 0 radical (unpaired) electrons. The molecule has 178 valence electrons. The Morgan fingerprint density at radius 2 is 1.56 bits per heavy atom. The fourth-order valence-electron chi connectivity index (χ4n) is 3.14. The molecule has 0 unspecified atom stereocenters. The third kappa shape index (κ3) is 6.66. The van der Waals surface area contributed by atoms with Crippen LogP contribution in [0.1, 0.15) is 28.4 Å². The van der Waals surface area contributed by atoms with Crippen LogP contribution >= 0.6 is 11.6 Å². The molecule has 0 fully saturated rings. The maximum atomic E-state index is 13.3. The van der Waals surface area contributed by atoms with Gasteiger partial charge in [0, 0.05) is 17.3 Å². The molecule has 0 atom stereocenters. The smallest absolute Gasteiger partial charge is 0.338 e. The van der Waals surface area contributed by atoms with Crippen LogP contribution in [-0.4, -0.2) is 37.8 Å². The zero-order chi connectivity index (χ0) is 24.7. The molecule has 0 aliphatic rings. The Labute approximate surface area is 204 Å². The molecule has 0 heterocycles. The fourth-order valence-corrected chi connectivity index (χ4v) is 4.65. The number of amides is 1. The lowest BCUT2D eigenvalue weighted by atomic mass is 10.1. The van der Waals surface area contributed by atoms with E-state index in [9.17, 15) is 18.0 Å². The van der Waals surface area contributed by atoms with Crippen molar-refractivity contribution in [3.8, 4) is 0 Å². The molecule has 0 bridgehead atoms. The van der Waals surface area contributed by atoms with Crippen molar-refractivity contribution in [2.24, 2.45) is 0 Å². The van der Waals surface area contributed by atoms with Crippen LogP contribution in [-0.2, 0) is 26.1 Å². The molecule has 7 nitrogen and oxygen atoms in total. The highest BCUT2D eigenvalue weighted by molar-refractivity contribution is 7.89. The summed E-state index contributed by atoms with van der Waals surface area (Å²) in [4.78, 5) is 24.6. The fraction of sp³-hybridized carbons (Fsp3) is 0.200. The number of rotatable bonds is 9. The normalized spacial score (nSPS) is 11.3. The first kappa shape index (κ1) is 25.4. The summed E-state index contributed by atoms with van der Waals surface area (Å²) in [5.41, 5.74) is 2.57. The lowest BCUT2D eigenvalue weighted by Gasteiger charge is -2.22. The van der Waals surface area contributed by atoms with Gasteiger partial charge in [-0.2, -0.15) is 4.31 Å². The molecular formula is C25H25ClN2O5S. The van der Waals surface area contributed by atoms with Gasteiger partial charge in [-0.05, 0) is 67.9 Å². The highest BCUT2D eigenvalue weighted by atomic mass is 35.5.